The van der Waals surface area contributed by atoms with Gasteiger partial charge in [-0.3, -0.25) is 0 Å². The van der Waals surface area contributed by atoms with Gasteiger partial charge in [0.05, 0.1) is 0 Å². The fraction of sp³-hybridized carbons (Fsp3) is 0. The third-order valence-corrected chi connectivity index (χ3v) is 0.667. The summed E-state index contributed by atoms with van der Waals surface area (Å²) < 4.78 is 0. The summed E-state index contributed by atoms with van der Waals surface area (Å²) in [6.07, 6.45) is 0. The zero-order valence-electron chi connectivity index (χ0n) is 3.77. The van der Waals surface area contributed by atoms with Crippen LogP contribution in [0.1, 0.15) is 0 Å². The Balaban J connectivity index is 0.000000360. The first-order chi connectivity index (χ1) is 3.00. The van der Waals surface area contributed by atoms with E-state index in [2.05, 4.69) is 0 Å². The van der Waals surface area contributed by atoms with Gasteiger partial charge < -0.3 is 0 Å². The summed E-state index contributed by atoms with van der Waals surface area (Å²) in [5, 5.41) is 0. The van der Waals surface area contributed by atoms with E-state index >= 15 is 0 Å². The van der Waals surface area contributed by atoms with Gasteiger partial charge in [-0.2, -0.15) is 0 Å². The number of hydrogen-bond acceptors (Lipinski definition) is 0. The summed E-state index contributed by atoms with van der Waals surface area (Å²) in [5.41, 5.74) is 0. The minimum atomic E-state index is 0. The third-order valence-electron chi connectivity index (χ3n) is 0.667. The number of hydrogen-bond donors (Lipinski definition) is 0. The van der Waals surface area contributed by atoms with Gasteiger partial charge in [0.1, 0.15) is 0 Å². The van der Waals surface area contributed by atoms with Gasteiger partial charge in [-0.1, -0.05) is 36.4 Å². The summed E-state index contributed by atoms with van der Waals surface area (Å²) in [7, 11) is 0. The monoisotopic (exact) mass is 141 g/mol. The molecule has 0 saturated carbocycles. The molecule has 0 bridgehead atoms. The summed E-state index contributed by atoms with van der Waals surface area (Å²) >= 11 is 0. The van der Waals surface area contributed by atoms with Gasteiger partial charge in [-0.15, -0.1) is 0 Å². The Labute approximate surface area is 54.0 Å². The first kappa shape index (κ1) is 6.74. The third kappa shape index (κ3) is 2.44. The SMILES string of the molecule is [Cu+2].c1ccccc1. The van der Waals surface area contributed by atoms with Crippen LogP contribution in [-0.2, 0) is 17.1 Å². The fourth-order valence-corrected chi connectivity index (χ4v) is 0.385. The van der Waals surface area contributed by atoms with Crippen molar-refractivity contribution in [3.63, 3.8) is 0 Å². The van der Waals surface area contributed by atoms with Gasteiger partial charge in [0.2, 0.25) is 0 Å². The summed E-state index contributed by atoms with van der Waals surface area (Å²) in [6, 6.07) is 12.0. The van der Waals surface area contributed by atoms with Gasteiger partial charge in [-0.25, -0.2) is 0 Å². The molecule has 0 aromatic heterocycles. The molecule has 0 atom stereocenters. The molecule has 0 aliphatic heterocycles. The van der Waals surface area contributed by atoms with Gasteiger partial charge in [0, 0.05) is 0 Å². The van der Waals surface area contributed by atoms with Crippen LogP contribution in [0.5, 0.6) is 0 Å². The first-order valence-electron chi connectivity index (χ1n) is 2.00. The molecule has 39 valence electrons. The minimum absolute atomic E-state index is 0. The van der Waals surface area contributed by atoms with Crippen LogP contribution in [0.15, 0.2) is 36.4 Å². The summed E-state index contributed by atoms with van der Waals surface area (Å²) in [5.74, 6) is 0. The van der Waals surface area contributed by atoms with E-state index in [0.29, 0.717) is 0 Å². The van der Waals surface area contributed by atoms with E-state index in [1.165, 1.54) is 0 Å². The average Bonchev–Trinajstić information content (AvgIpc) is 1.72. The molecule has 0 nitrogen and oxygen atoms in total. The maximum atomic E-state index is 2.00. The van der Waals surface area contributed by atoms with Crippen LogP contribution in [-0.4, -0.2) is 0 Å². The Kier molecular flexibility index (Phi) is 3.77. The van der Waals surface area contributed by atoms with Gasteiger partial charge in [0.15, 0.2) is 0 Å². The van der Waals surface area contributed by atoms with E-state index in [-0.39, 0.29) is 17.1 Å². The maximum Gasteiger partial charge on any atom is 2.00 e. The molecule has 1 aromatic carbocycles. The Morgan fingerprint density at radius 2 is 0.571 bits per heavy atom. The van der Waals surface area contributed by atoms with Crippen LogP contribution in [0.25, 0.3) is 0 Å². The Morgan fingerprint density at radius 1 is 0.429 bits per heavy atom. The van der Waals surface area contributed by atoms with Crippen LogP contribution < -0.4 is 0 Å². The number of rotatable bonds is 0. The Hall–Kier alpha value is -0.261. The van der Waals surface area contributed by atoms with E-state index < -0.39 is 0 Å². The first-order valence-corrected chi connectivity index (χ1v) is 2.00. The van der Waals surface area contributed by atoms with Crippen molar-refractivity contribution < 1.29 is 17.1 Å². The van der Waals surface area contributed by atoms with Crippen LogP contribution in [0.2, 0.25) is 0 Å². The van der Waals surface area contributed by atoms with E-state index in [0.717, 1.165) is 0 Å². The molecule has 0 amide bonds. The molecule has 0 aliphatic rings. The second kappa shape index (κ2) is 3.91. The Morgan fingerprint density at radius 3 is 0.714 bits per heavy atom. The van der Waals surface area contributed by atoms with Crippen molar-refractivity contribution in [3.8, 4) is 0 Å². The van der Waals surface area contributed by atoms with Gasteiger partial charge in [-0.05, 0) is 0 Å². The van der Waals surface area contributed by atoms with Crippen molar-refractivity contribution in [2.45, 2.75) is 0 Å². The molecule has 0 N–H and O–H groups in total. The predicted octanol–water partition coefficient (Wildman–Crippen LogP) is 1.68. The molecule has 1 rings (SSSR count). The van der Waals surface area contributed by atoms with Gasteiger partial charge in [0.25, 0.3) is 0 Å². The van der Waals surface area contributed by atoms with Crippen molar-refractivity contribution in [1.82, 2.24) is 0 Å². The van der Waals surface area contributed by atoms with Crippen LogP contribution in [0.4, 0.5) is 0 Å². The molecule has 7 heavy (non-hydrogen) atoms. The fourth-order valence-electron chi connectivity index (χ4n) is 0.385. The molecule has 0 spiro atoms. The zero-order valence-corrected chi connectivity index (χ0v) is 4.71. The second-order valence-corrected chi connectivity index (χ2v) is 1.15. The molecular weight excluding hydrogens is 136 g/mol. The van der Waals surface area contributed by atoms with Crippen LogP contribution in [0, 0.1) is 0 Å². The molecule has 0 aliphatic carbocycles. The van der Waals surface area contributed by atoms with E-state index in [1.54, 1.807) is 0 Å². The second-order valence-electron chi connectivity index (χ2n) is 1.15. The topological polar surface area (TPSA) is 0 Å². The molecule has 1 heteroatoms. The maximum absolute atomic E-state index is 2.00. The summed E-state index contributed by atoms with van der Waals surface area (Å²) in [4.78, 5) is 0. The Bertz CT molecular complexity index is 76.1. The molecular formula is C6H6Cu+2. The zero-order chi connectivity index (χ0) is 4.24. The molecule has 1 radical (unpaired) electrons. The summed E-state index contributed by atoms with van der Waals surface area (Å²) in [6.45, 7) is 0. The quantitative estimate of drug-likeness (QED) is 0.483. The standard InChI is InChI=1S/C6H6.Cu/c1-2-4-6-5-3-1;/h1-6H;/q;+2. The van der Waals surface area contributed by atoms with E-state index in [9.17, 15) is 0 Å². The van der Waals surface area contributed by atoms with Crippen molar-refractivity contribution in [3.05, 3.63) is 36.4 Å². The number of benzene rings is 1. The van der Waals surface area contributed by atoms with Crippen LogP contribution >= 0.6 is 0 Å². The van der Waals surface area contributed by atoms with Gasteiger partial charge >= 0.3 is 17.1 Å². The molecule has 0 unspecified atom stereocenters. The minimum Gasteiger partial charge on any atom is -0.0623 e. The van der Waals surface area contributed by atoms with E-state index in [4.69, 9.17) is 0 Å². The predicted molar refractivity (Wildman–Crippen MR) is 26.4 cm³/mol. The van der Waals surface area contributed by atoms with Crippen molar-refractivity contribution in [1.29, 1.82) is 0 Å². The van der Waals surface area contributed by atoms with Crippen LogP contribution in [0.3, 0.4) is 0 Å². The smallest absolute Gasteiger partial charge is 0.0623 e. The van der Waals surface area contributed by atoms with E-state index in [1.807, 2.05) is 36.4 Å². The largest absolute Gasteiger partial charge is 2.00 e. The van der Waals surface area contributed by atoms with Crippen molar-refractivity contribution in [2.24, 2.45) is 0 Å². The van der Waals surface area contributed by atoms with Crippen molar-refractivity contribution in [2.75, 3.05) is 0 Å². The molecule has 0 saturated heterocycles. The molecule has 0 heterocycles. The normalized spacial score (nSPS) is 6.86. The van der Waals surface area contributed by atoms with Crippen molar-refractivity contribution >= 4 is 0 Å². The molecule has 1 aromatic rings. The average molecular weight is 142 g/mol. The molecule has 0 fully saturated rings.